The van der Waals surface area contributed by atoms with Gasteiger partial charge in [-0.1, -0.05) is 5.21 Å². The summed E-state index contributed by atoms with van der Waals surface area (Å²) < 4.78 is 50.8. The van der Waals surface area contributed by atoms with Crippen LogP contribution in [-0.4, -0.2) is 114 Å². The lowest BCUT2D eigenvalue weighted by molar-refractivity contribution is -0.243. The normalized spacial score (nSPS) is 33.8. The average molecular weight is 669 g/mol. The number of anilines is 1. The topological polar surface area (TPSA) is 345 Å². The van der Waals surface area contributed by atoms with E-state index in [1.165, 1.54) is 6.92 Å². The van der Waals surface area contributed by atoms with Crippen molar-refractivity contribution in [1.29, 1.82) is 0 Å². The molecule has 2 unspecified atom stereocenters. The minimum absolute atomic E-state index is 0.103. The van der Waals surface area contributed by atoms with Crippen LogP contribution in [0.4, 0.5) is 5.95 Å². The van der Waals surface area contributed by atoms with Crippen molar-refractivity contribution < 1.29 is 67.3 Å². The van der Waals surface area contributed by atoms with Crippen LogP contribution in [0.15, 0.2) is 17.3 Å². The largest absolute Gasteiger partial charge is 0.756 e. The number of rotatable bonds is 10. The van der Waals surface area contributed by atoms with Crippen molar-refractivity contribution in [3.8, 4) is 0 Å². The number of fused-ring (bicyclic) bond motifs is 1. The standard InChI is InChI=1S/C19H28N8O15P2/c1-6-10(28)12(30)14(32)18(40-6)27-2-7(24-25-27)3-38-43(34,35)42-44(36,37)39-4-8-11(29)13(31)17(41-8)26-5-21-9-15(26)22-19(20)23-16(9)33/h2,5-6,8,10-14,17-18,28-32H,3-4H2,1H3,(H,34,35)(H,36,37)(H3,20,22,23,33)/p-1/t6-,8-,10+,11-,12+,13-,14-,17-,18-/m1/s1. The van der Waals surface area contributed by atoms with Crippen molar-refractivity contribution in [3.63, 3.8) is 0 Å². The molecule has 0 spiro atoms. The molecule has 0 aliphatic carbocycles. The molecule has 3 aromatic rings. The summed E-state index contributed by atoms with van der Waals surface area (Å²) in [6.45, 7) is -0.375. The van der Waals surface area contributed by atoms with E-state index in [0.717, 1.165) is 21.8 Å². The lowest BCUT2D eigenvalue weighted by Crippen LogP contribution is -2.54. The SMILES string of the molecule is C[C@H]1O[C@@H](n2cc(COP(=O)(O)OP(=O)([O-])OC[C@H]3O[C@@H](n4cnc5c(=O)[nH]c(N)nc54)[C@H](O)[C@@H]3O)nn2)[C@H](O)[C@@H](O)[C@H]1O. The fourth-order valence-electron chi connectivity index (χ4n) is 4.46. The van der Waals surface area contributed by atoms with Gasteiger partial charge in [-0.3, -0.25) is 23.4 Å². The Morgan fingerprint density at radius 1 is 1.07 bits per heavy atom. The summed E-state index contributed by atoms with van der Waals surface area (Å²) in [6, 6.07) is 0. The number of hydrogen-bond acceptors (Lipinski definition) is 19. The molecule has 0 radical (unpaired) electrons. The van der Waals surface area contributed by atoms with Gasteiger partial charge in [0.15, 0.2) is 23.6 Å². The third kappa shape index (κ3) is 6.61. The number of H-pyrrole nitrogens is 1. The number of nitrogen functional groups attached to an aromatic ring is 1. The Hall–Kier alpha value is -2.73. The fourth-order valence-corrected chi connectivity index (χ4v) is 6.48. The van der Waals surface area contributed by atoms with Gasteiger partial charge in [0.05, 0.1) is 25.2 Å². The van der Waals surface area contributed by atoms with E-state index in [9.17, 15) is 49.2 Å². The predicted octanol–water partition coefficient (Wildman–Crippen LogP) is -4.27. The zero-order chi connectivity index (χ0) is 32.1. The molecule has 23 nitrogen and oxygen atoms in total. The Labute approximate surface area is 244 Å². The third-order valence-corrected chi connectivity index (χ3v) is 9.23. The molecular formula is C19H27N8O15P2-. The molecule has 3 aromatic heterocycles. The van der Waals surface area contributed by atoms with E-state index in [-0.39, 0.29) is 22.8 Å². The third-order valence-electron chi connectivity index (χ3n) is 6.68. The number of aliphatic hydroxyl groups is 5. The molecule has 11 atom stereocenters. The molecule has 5 rings (SSSR count). The smallest absolute Gasteiger partial charge is 0.479 e. The summed E-state index contributed by atoms with van der Waals surface area (Å²) in [4.78, 5) is 44.2. The van der Waals surface area contributed by atoms with Crippen molar-refractivity contribution in [2.75, 3.05) is 12.3 Å². The van der Waals surface area contributed by atoms with Crippen LogP contribution < -0.4 is 16.2 Å². The van der Waals surface area contributed by atoms with Gasteiger partial charge < -0.3 is 55.1 Å². The molecule has 2 aliphatic rings. The minimum atomic E-state index is -5.61. The van der Waals surface area contributed by atoms with Crippen LogP contribution in [0.2, 0.25) is 0 Å². The van der Waals surface area contributed by atoms with Gasteiger partial charge in [0, 0.05) is 0 Å². The second-order valence-electron chi connectivity index (χ2n) is 9.78. The van der Waals surface area contributed by atoms with Crippen molar-refractivity contribution in [2.24, 2.45) is 0 Å². The number of aromatic nitrogens is 7. The Balaban J connectivity index is 1.16. The highest BCUT2D eigenvalue weighted by Gasteiger charge is 2.46. The Bertz CT molecular complexity index is 1650. The van der Waals surface area contributed by atoms with Crippen LogP contribution >= 0.6 is 15.6 Å². The number of aliphatic hydroxyl groups excluding tert-OH is 5. The number of imidazole rings is 1. The van der Waals surface area contributed by atoms with Crippen LogP contribution in [-0.2, 0) is 38.6 Å². The summed E-state index contributed by atoms with van der Waals surface area (Å²) in [5, 5.41) is 58.0. The molecule has 2 fully saturated rings. The second-order valence-corrected chi connectivity index (χ2v) is 12.8. The summed E-state index contributed by atoms with van der Waals surface area (Å²) in [6.07, 6.45) is -10.9. The molecule has 244 valence electrons. The van der Waals surface area contributed by atoms with Crippen molar-refractivity contribution in [2.45, 2.75) is 68.7 Å². The number of phosphoric acid groups is 2. The number of nitrogens with one attached hydrogen (secondary N) is 1. The minimum Gasteiger partial charge on any atom is -0.756 e. The van der Waals surface area contributed by atoms with E-state index in [4.69, 9.17) is 15.2 Å². The van der Waals surface area contributed by atoms with Crippen molar-refractivity contribution in [3.05, 3.63) is 28.6 Å². The molecule has 2 aliphatic heterocycles. The summed E-state index contributed by atoms with van der Waals surface area (Å²) in [7, 11) is -11.0. The molecule has 44 heavy (non-hydrogen) atoms. The van der Waals surface area contributed by atoms with Crippen LogP contribution in [0.3, 0.4) is 0 Å². The Kier molecular flexibility index (Phi) is 9.07. The number of aromatic amines is 1. The average Bonchev–Trinajstić information content (AvgIpc) is 3.65. The molecule has 0 saturated carbocycles. The quantitative estimate of drug-likeness (QED) is 0.0947. The van der Waals surface area contributed by atoms with Gasteiger partial charge in [-0.05, 0) is 6.92 Å². The number of ether oxygens (including phenoxy) is 2. The lowest BCUT2D eigenvalue weighted by Gasteiger charge is -2.38. The Morgan fingerprint density at radius 2 is 1.77 bits per heavy atom. The molecule has 0 aromatic carbocycles. The molecule has 25 heteroatoms. The predicted molar refractivity (Wildman–Crippen MR) is 135 cm³/mol. The van der Waals surface area contributed by atoms with E-state index < -0.39 is 89.6 Å². The number of hydrogen-bond donors (Lipinski definition) is 8. The lowest BCUT2D eigenvalue weighted by atomic mass is 9.99. The van der Waals surface area contributed by atoms with Crippen molar-refractivity contribution >= 4 is 32.8 Å². The van der Waals surface area contributed by atoms with Crippen LogP contribution in [0, 0.1) is 0 Å². The second kappa shape index (κ2) is 12.2. The fraction of sp³-hybridized carbons (Fsp3) is 0.632. The maximum Gasteiger partial charge on any atom is 0.479 e. The highest BCUT2D eigenvalue weighted by molar-refractivity contribution is 7.60. The van der Waals surface area contributed by atoms with E-state index in [2.05, 4.69) is 38.6 Å². The summed E-state index contributed by atoms with van der Waals surface area (Å²) >= 11 is 0. The highest BCUT2D eigenvalue weighted by Crippen LogP contribution is 2.58. The van der Waals surface area contributed by atoms with E-state index in [0.29, 0.717) is 0 Å². The molecule has 2 saturated heterocycles. The molecule has 9 N–H and O–H groups in total. The maximum absolute atomic E-state index is 12.3. The van der Waals surface area contributed by atoms with Gasteiger partial charge in [-0.15, -0.1) is 5.10 Å². The van der Waals surface area contributed by atoms with Gasteiger partial charge >= 0.3 is 7.82 Å². The van der Waals surface area contributed by atoms with Crippen LogP contribution in [0.1, 0.15) is 25.1 Å². The zero-order valence-electron chi connectivity index (χ0n) is 22.3. The van der Waals surface area contributed by atoms with E-state index in [1.54, 1.807) is 0 Å². The van der Waals surface area contributed by atoms with E-state index in [1.807, 2.05) is 0 Å². The van der Waals surface area contributed by atoms with Gasteiger partial charge in [-0.25, -0.2) is 18.5 Å². The molecule has 0 bridgehead atoms. The maximum atomic E-state index is 12.3. The first-order valence-electron chi connectivity index (χ1n) is 12.6. The number of nitrogens with zero attached hydrogens (tertiary/aromatic N) is 6. The molecular weight excluding hydrogens is 642 g/mol. The van der Waals surface area contributed by atoms with Gasteiger partial charge in [0.25, 0.3) is 13.4 Å². The first kappa shape index (κ1) is 32.7. The first-order valence-corrected chi connectivity index (χ1v) is 15.5. The number of phosphoric ester groups is 2. The van der Waals surface area contributed by atoms with Crippen molar-refractivity contribution in [1.82, 2.24) is 34.5 Å². The van der Waals surface area contributed by atoms with E-state index >= 15 is 0 Å². The summed E-state index contributed by atoms with van der Waals surface area (Å²) in [5.41, 5.74) is 4.44. The Morgan fingerprint density at radius 3 is 2.50 bits per heavy atom. The van der Waals surface area contributed by atoms with Crippen LogP contribution in [0.5, 0.6) is 0 Å². The highest BCUT2D eigenvalue weighted by atomic mass is 31.3. The van der Waals surface area contributed by atoms with Gasteiger partial charge in [0.2, 0.25) is 5.95 Å². The van der Waals surface area contributed by atoms with Crippen LogP contribution in [0.25, 0.3) is 11.2 Å². The first-order chi connectivity index (χ1) is 20.6. The number of nitrogens with two attached hydrogens (primary N) is 1. The van der Waals surface area contributed by atoms with Gasteiger partial charge in [-0.2, -0.15) is 4.98 Å². The molecule has 5 heterocycles. The monoisotopic (exact) mass is 669 g/mol. The zero-order valence-corrected chi connectivity index (χ0v) is 24.1. The molecule has 0 amide bonds. The summed E-state index contributed by atoms with van der Waals surface area (Å²) in [5.74, 6) is -0.269. The van der Waals surface area contributed by atoms with Gasteiger partial charge in [0.1, 0.15) is 48.9 Å².